The van der Waals surface area contributed by atoms with E-state index < -0.39 is 0 Å². The lowest BCUT2D eigenvalue weighted by atomic mass is 9.45. The molecule has 0 unspecified atom stereocenters. The standard InChI is InChI=1S/C20H25NO2/c1-13-17-9-15(20(17,2)3)10-18(13)22-12-16-11-19(23-21-16)14-7-5-4-6-8-14/h4-8,11,13,15,17-18H,9-10,12H2,1-3H3/t13-,15+,17-,18-/m1/s1. The summed E-state index contributed by atoms with van der Waals surface area (Å²) in [5, 5.41) is 4.16. The summed E-state index contributed by atoms with van der Waals surface area (Å²) in [6.45, 7) is 7.74. The fraction of sp³-hybridized carbons (Fsp3) is 0.550. The van der Waals surface area contributed by atoms with E-state index in [0.29, 0.717) is 24.0 Å². The highest BCUT2D eigenvalue weighted by atomic mass is 16.5. The van der Waals surface area contributed by atoms with Crippen molar-refractivity contribution in [2.75, 3.05) is 0 Å². The van der Waals surface area contributed by atoms with Crippen LogP contribution in [0.1, 0.15) is 39.3 Å². The molecule has 0 aliphatic heterocycles. The Hall–Kier alpha value is -1.61. The number of fused-ring (bicyclic) bond motifs is 2. The van der Waals surface area contributed by atoms with Crippen molar-refractivity contribution < 1.29 is 9.26 Å². The molecular weight excluding hydrogens is 286 g/mol. The normalized spacial score (nSPS) is 31.6. The van der Waals surface area contributed by atoms with Crippen LogP contribution in [0.3, 0.4) is 0 Å². The maximum absolute atomic E-state index is 6.20. The molecule has 3 nitrogen and oxygen atoms in total. The molecule has 0 radical (unpaired) electrons. The van der Waals surface area contributed by atoms with Gasteiger partial charge in [0, 0.05) is 11.6 Å². The number of benzene rings is 1. The van der Waals surface area contributed by atoms with Gasteiger partial charge in [-0.15, -0.1) is 0 Å². The summed E-state index contributed by atoms with van der Waals surface area (Å²) in [4.78, 5) is 0. The van der Waals surface area contributed by atoms with E-state index >= 15 is 0 Å². The summed E-state index contributed by atoms with van der Waals surface area (Å²) < 4.78 is 11.7. The zero-order valence-corrected chi connectivity index (χ0v) is 14.2. The van der Waals surface area contributed by atoms with Gasteiger partial charge < -0.3 is 9.26 Å². The highest BCUT2D eigenvalue weighted by Gasteiger charge is 2.56. The first kappa shape index (κ1) is 14.9. The number of ether oxygens (including phenoxy) is 1. The average molecular weight is 311 g/mol. The molecule has 2 aromatic rings. The van der Waals surface area contributed by atoms with E-state index in [1.807, 2.05) is 36.4 Å². The largest absolute Gasteiger partial charge is 0.371 e. The van der Waals surface area contributed by atoms with Crippen molar-refractivity contribution >= 4 is 0 Å². The SMILES string of the molecule is C[C@@H]1[C@H]2C[C@@H](C[C@H]1OCc1cc(-c3ccccc3)on1)C2(C)C. The number of hydrogen-bond donors (Lipinski definition) is 0. The van der Waals surface area contributed by atoms with Crippen molar-refractivity contribution in [2.24, 2.45) is 23.2 Å². The summed E-state index contributed by atoms with van der Waals surface area (Å²) in [5.41, 5.74) is 2.45. The fourth-order valence-corrected chi connectivity index (χ4v) is 4.63. The summed E-state index contributed by atoms with van der Waals surface area (Å²) in [6, 6.07) is 12.1. The maximum Gasteiger partial charge on any atom is 0.167 e. The predicted molar refractivity (Wildman–Crippen MR) is 89.7 cm³/mol. The van der Waals surface area contributed by atoms with E-state index in [4.69, 9.17) is 9.26 Å². The second-order valence-electron chi connectivity index (χ2n) is 7.85. The Balaban J connectivity index is 1.38. The van der Waals surface area contributed by atoms with Crippen molar-refractivity contribution in [1.29, 1.82) is 0 Å². The monoisotopic (exact) mass is 311 g/mol. The molecule has 0 N–H and O–H groups in total. The highest BCUT2D eigenvalue weighted by molar-refractivity contribution is 5.56. The zero-order valence-electron chi connectivity index (χ0n) is 14.2. The number of hydrogen-bond acceptors (Lipinski definition) is 3. The van der Waals surface area contributed by atoms with Gasteiger partial charge in [-0.3, -0.25) is 0 Å². The van der Waals surface area contributed by atoms with Crippen LogP contribution in [-0.2, 0) is 11.3 Å². The van der Waals surface area contributed by atoms with Crippen LogP contribution in [0.2, 0.25) is 0 Å². The Labute approximate surface area is 138 Å². The molecule has 3 aliphatic carbocycles. The molecule has 2 bridgehead atoms. The molecule has 3 aliphatic rings. The van der Waals surface area contributed by atoms with Gasteiger partial charge in [-0.1, -0.05) is 56.3 Å². The molecule has 3 saturated carbocycles. The first-order valence-corrected chi connectivity index (χ1v) is 8.68. The van der Waals surface area contributed by atoms with Gasteiger partial charge in [-0.05, 0) is 36.0 Å². The summed E-state index contributed by atoms with van der Waals surface area (Å²) in [6.07, 6.45) is 2.94. The van der Waals surface area contributed by atoms with Crippen LogP contribution in [0.4, 0.5) is 0 Å². The van der Waals surface area contributed by atoms with Crippen molar-refractivity contribution in [3.05, 3.63) is 42.1 Å². The number of nitrogens with zero attached hydrogens (tertiary/aromatic N) is 1. The summed E-state index contributed by atoms with van der Waals surface area (Å²) in [5.74, 6) is 3.08. The van der Waals surface area contributed by atoms with Gasteiger partial charge in [0.25, 0.3) is 0 Å². The average Bonchev–Trinajstić information content (AvgIpc) is 3.03. The van der Waals surface area contributed by atoms with Crippen molar-refractivity contribution in [3.8, 4) is 11.3 Å². The van der Waals surface area contributed by atoms with Crippen molar-refractivity contribution in [3.63, 3.8) is 0 Å². The van der Waals surface area contributed by atoms with Gasteiger partial charge >= 0.3 is 0 Å². The lowest BCUT2D eigenvalue weighted by Crippen LogP contribution is -2.57. The Kier molecular flexibility index (Phi) is 3.56. The number of rotatable bonds is 4. The Morgan fingerprint density at radius 3 is 2.70 bits per heavy atom. The second kappa shape index (κ2) is 5.48. The van der Waals surface area contributed by atoms with Crippen LogP contribution < -0.4 is 0 Å². The molecule has 122 valence electrons. The second-order valence-corrected chi connectivity index (χ2v) is 7.85. The molecule has 0 saturated heterocycles. The van der Waals surface area contributed by atoms with Gasteiger partial charge in [0.2, 0.25) is 0 Å². The van der Waals surface area contributed by atoms with Crippen molar-refractivity contribution in [2.45, 2.75) is 46.3 Å². The van der Waals surface area contributed by atoms with Gasteiger partial charge in [0.1, 0.15) is 5.69 Å². The quantitative estimate of drug-likeness (QED) is 0.803. The molecule has 1 aromatic carbocycles. The van der Waals surface area contributed by atoms with Crippen LogP contribution >= 0.6 is 0 Å². The molecule has 23 heavy (non-hydrogen) atoms. The maximum atomic E-state index is 6.20. The predicted octanol–water partition coefficient (Wildman–Crippen LogP) is 4.93. The molecule has 1 heterocycles. The van der Waals surface area contributed by atoms with Crippen LogP contribution in [0.25, 0.3) is 11.3 Å². The molecule has 0 amide bonds. The summed E-state index contributed by atoms with van der Waals surface area (Å²) >= 11 is 0. The number of aromatic nitrogens is 1. The minimum absolute atomic E-state index is 0.364. The zero-order chi connectivity index (χ0) is 16.0. The van der Waals surface area contributed by atoms with E-state index in [1.165, 1.54) is 12.8 Å². The van der Waals surface area contributed by atoms with Gasteiger partial charge in [0.05, 0.1) is 12.7 Å². The van der Waals surface area contributed by atoms with Crippen LogP contribution in [0.15, 0.2) is 40.9 Å². The minimum atomic E-state index is 0.364. The smallest absolute Gasteiger partial charge is 0.167 e. The van der Waals surface area contributed by atoms with Gasteiger partial charge in [0.15, 0.2) is 5.76 Å². The molecule has 3 heteroatoms. The third-order valence-corrected chi connectivity index (χ3v) is 6.35. The molecule has 1 aromatic heterocycles. The molecule has 5 rings (SSSR count). The van der Waals surface area contributed by atoms with E-state index in [-0.39, 0.29) is 0 Å². The molecule has 4 atom stereocenters. The molecule has 3 fully saturated rings. The third-order valence-electron chi connectivity index (χ3n) is 6.35. The first-order valence-electron chi connectivity index (χ1n) is 8.68. The fourth-order valence-electron chi connectivity index (χ4n) is 4.63. The van der Waals surface area contributed by atoms with Crippen LogP contribution in [-0.4, -0.2) is 11.3 Å². The lowest BCUT2D eigenvalue weighted by molar-refractivity contribution is -0.175. The topological polar surface area (TPSA) is 35.3 Å². The summed E-state index contributed by atoms with van der Waals surface area (Å²) in [7, 11) is 0. The Bertz CT molecular complexity index is 676. The molecule has 0 spiro atoms. The van der Waals surface area contributed by atoms with Crippen LogP contribution in [0.5, 0.6) is 0 Å². The van der Waals surface area contributed by atoms with E-state index in [0.717, 1.165) is 28.9 Å². The lowest BCUT2D eigenvalue weighted by Gasteiger charge is -2.61. The van der Waals surface area contributed by atoms with Gasteiger partial charge in [-0.25, -0.2) is 0 Å². The Morgan fingerprint density at radius 1 is 1.22 bits per heavy atom. The molecular formula is C20H25NO2. The Morgan fingerprint density at radius 2 is 2.00 bits per heavy atom. The van der Waals surface area contributed by atoms with Crippen LogP contribution in [0, 0.1) is 23.2 Å². The minimum Gasteiger partial charge on any atom is -0.371 e. The van der Waals surface area contributed by atoms with Gasteiger partial charge in [-0.2, -0.15) is 0 Å². The first-order chi connectivity index (χ1) is 11.1. The van der Waals surface area contributed by atoms with E-state index in [1.54, 1.807) is 0 Å². The van der Waals surface area contributed by atoms with Crippen molar-refractivity contribution in [1.82, 2.24) is 5.16 Å². The highest BCUT2D eigenvalue weighted by Crippen LogP contribution is 2.61. The van der Waals surface area contributed by atoms with E-state index in [9.17, 15) is 0 Å². The van der Waals surface area contributed by atoms with E-state index in [2.05, 4.69) is 25.9 Å². The third kappa shape index (κ3) is 2.51.